The second kappa shape index (κ2) is 8.06. The highest BCUT2D eigenvalue weighted by Crippen LogP contribution is 2.37. The minimum absolute atomic E-state index is 0.0944. The maximum Gasteiger partial charge on any atom is 0.328 e. The molecule has 0 aliphatic heterocycles. The molecule has 132 valence electrons. The van der Waals surface area contributed by atoms with Crippen LogP contribution >= 0.6 is 12.6 Å². The van der Waals surface area contributed by atoms with E-state index in [4.69, 9.17) is 4.74 Å². The number of hydrogen-bond acceptors (Lipinski definition) is 4. The normalized spacial score (nSPS) is 21.0. The molecule has 0 heterocycles. The van der Waals surface area contributed by atoms with Gasteiger partial charge in [0.05, 0.1) is 12.5 Å². The van der Waals surface area contributed by atoms with Gasteiger partial charge in [0.15, 0.2) is 0 Å². The molecule has 0 saturated carbocycles. The summed E-state index contributed by atoms with van der Waals surface area (Å²) in [5, 5.41) is 2.93. The molecule has 0 saturated heterocycles. The Hall–Kier alpha value is -1.49. The lowest BCUT2D eigenvalue weighted by Gasteiger charge is -2.36. The second-order valence-electron chi connectivity index (χ2n) is 7.06. The monoisotopic (exact) mass is 349 g/mol. The van der Waals surface area contributed by atoms with Gasteiger partial charge in [0.1, 0.15) is 6.04 Å². The molecular weight excluding hydrogens is 322 g/mol. The first kappa shape index (κ1) is 18.8. The third-order valence-electron chi connectivity index (χ3n) is 4.80. The molecule has 0 aromatic heterocycles. The van der Waals surface area contributed by atoms with Crippen LogP contribution in [0, 0.1) is 11.3 Å². The van der Waals surface area contributed by atoms with E-state index in [9.17, 15) is 9.59 Å². The predicted octanol–water partition coefficient (Wildman–Crippen LogP) is 2.80. The number of aryl methyl sites for hydroxylation is 1. The summed E-state index contributed by atoms with van der Waals surface area (Å²) in [4.78, 5) is 25.0. The van der Waals surface area contributed by atoms with Gasteiger partial charge in [-0.25, -0.2) is 4.79 Å². The Morgan fingerprint density at radius 3 is 2.54 bits per heavy atom. The Labute approximate surface area is 149 Å². The fraction of sp³-hybridized carbons (Fsp3) is 0.579. The number of thiol groups is 1. The zero-order valence-corrected chi connectivity index (χ0v) is 15.6. The van der Waals surface area contributed by atoms with Crippen LogP contribution in [0.1, 0.15) is 37.8 Å². The number of rotatable bonds is 6. The quantitative estimate of drug-likeness (QED) is 0.613. The molecule has 1 N–H and O–H groups in total. The van der Waals surface area contributed by atoms with Crippen molar-refractivity contribution in [2.75, 3.05) is 12.9 Å². The van der Waals surface area contributed by atoms with Crippen LogP contribution in [0.4, 0.5) is 0 Å². The van der Waals surface area contributed by atoms with E-state index in [1.165, 1.54) is 18.2 Å². The van der Waals surface area contributed by atoms with Gasteiger partial charge in [-0.15, -0.1) is 0 Å². The summed E-state index contributed by atoms with van der Waals surface area (Å²) in [6.07, 6.45) is 2.83. The number of carbonyl (C=O) groups excluding carboxylic acids is 2. The molecule has 4 nitrogen and oxygen atoms in total. The summed E-state index contributed by atoms with van der Waals surface area (Å²) in [6, 6.07) is 7.62. The van der Waals surface area contributed by atoms with Gasteiger partial charge in [0, 0.05) is 5.75 Å². The fourth-order valence-electron chi connectivity index (χ4n) is 3.34. The van der Waals surface area contributed by atoms with Crippen LogP contribution in [-0.2, 0) is 27.2 Å². The van der Waals surface area contributed by atoms with Crippen LogP contribution in [0.2, 0.25) is 0 Å². The van der Waals surface area contributed by atoms with Crippen molar-refractivity contribution in [3.63, 3.8) is 0 Å². The number of benzene rings is 1. The average Bonchev–Trinajstić information content (AvgIpc) is 2.59. The van der Waals surface area contributed by atoms with Crippen molar-refractivity contribution in [1.29, 1.82) is 0 Å². The number of amides is 1. The minimum atomic E-state index is -0.601. The van der Waals surface area contributed by atoms with Gasteiger partial charge < -0.3 is 10.1 Å². The second-order valence-corrected chi connectivity index (χ2v) is 7.38. The molecule has 1 aromatic carbocycles. The van der Waals surface area contributed by atoms with Crippen LogP contribution < -0.4 is 5.32 Å². The van der Waals surface area contributed by atoms with Crippen molar-refractivity contribution in [3.8, 4) is 0 Å². The van der Waals surface area contributed by atoms with Crippen molar-refractivity contribution in [1.82, 2.24) is 5.32 Å². The van der Waals surface area contributed by atoms with Crippen LogP contribution in [0.25, 0.3) is 0 Å². The van der Waals surface area contributed by atoms with Gasteiger partial charge in [-0.1, -0.05) is 38.1 Å². The molecule has 0 bridgehead atoms. The molecule has 2 atom stereocenters. The largest absolute Gasteiger partial charge is 0.467 e. The Morgan fingerprint density at radius 1 is 1.29 bits per heavy atom. The highest BCUT2D eigenvalue weighted by molar-refractivity contribution is 7.80. The Morgan fingerprint density at radius 2 is 1.96 bits per heavy atom. The molecule has 2 rings (SSSR count). The van der Waals surface area contributed by atoms with Crippen LogP contribution in [0.15, 0.2) is 24.3 Å². The first-order valence-electron chi connectivity index (χ1n) is 8.48. The molecule has 1 unspecified atom stereocenters. The van der Waals surface area contributed by atoms with Gasteiger partial charge in [-0.3, -0.25) is 4.79 Å². The number of fused-ring (bicyclic) bond motifs is 1. The molecule has 0 fully saturated rings. The summed E-state index contributed by atoms with van der Waals surface area (Å²) < 4.78 is 4.85. The van der Waals surface area contributed by atoms with E-state index < -0.39 is 11.5 Å². The Balaban J connectivity index is 2.18. The highest BCUT2D eigenvalue weighted by atomic mass is 32.1. The van der Waals surface area contributed by atoms with Crippen LogP contribution in [-0.4, -0.2) is 30.8 Å². The van der Waals surface area contributed by atoms with Gasteiger partial charge in [-0.2, -0.15) is 12.6 Å². The smallest absolute Gasteiger partial charge is 0.328 e. The number of hydrogen-bond donors (Lipinski definition) is 2. The van der Waals surface area contributed by atoms with Crippen molar-refractivity contribution in [2.24, 2.45) is 11.3 Å². The van der Waals surface area contributed by atoms with Crippen molar-refractivity contribution in [3.05, 3.63) is 35.4 Å². The summed E-state index contributed by atoms with van der Waals surface area (Å²) >= 11 is 4.47. The summed E-state index contributed by atoms with van der Waals surface area (Å²) in [7, 11) is 1.35. The molecular formula is C19H27NO3S. The van der Waals surface area contributed by atoms with E-state index in [1.54, 1.807) is 0 Å². The van der Waals surface area contributed by atoms with Gasteiger partial charge in [0.2, 0.25) is 5.91 Å². The molecule has 1 amide bonds. The Bertz CT molecular complexity index is 602. The third-order valence-corrected chi connectivity index (χ3v) is 5.41. The van der Waals surface area contributed by atoms with Gasteiger partial charge in [-0.05, 0) is 42.7 Å². The molecule has 1 aliphatic rings. The minimum Gasteiger partial charge on any atom is -0.467 e. The van der Waals surface area contributed by atoms with E-state index in [0.717, 1.165) is 12.8 Å². The molecule has 24 heavy (non-hydrogen) atoms. The number of esters is 1. The van der Waals surface area contributed by atoms with Crippen molar-refractivity contribution >= 4 is 24.5 Å². The molecule has 0 spiro atoms. The van der Waals surface area contributed by atoms with E-state index in [-0.39, 0.29) is 17.8 Å². The van der Waals surface area contributed by atoms with Crippen LogP contribution in [0.5, 0.6) is 0 Å². The lowest BCUT2D eigenvalue weighted by Crippen LogP contribution is -2.52. The molecule has 5 heteroatoms. The zero-order chi connectivity index (χ0) is 17.7. The van der Waals surface area contributed by atoms with Crippen molar-refractivity contribution in [2.45, 2.75) is 45.6 Å². The fourth-order valence-corrected chi connectivity index (χ4v) is 3.75. The molecule has 0 radical (unpaired) electrons. The average molecular weight is 349 g/mol. The molecule has 1 aromatic rings. The van der Waals surface area contributed by atoms with Crippen molar-refractivity contribution < 1.29 is 14.3 Å². The molecule has 1 aliphatic carbocycles. The maximum absolute atomic E-state index is 13.0. The zero-order valence-electron chi connectivity index (χ0n) is 14.7. The highest BCUT2D eigenvalue weighted by Gasteiger charge is 2.41. The number of carbonyl (C=O) groups is 2. The maximum atomic E-state index is 13.0. The van der Waals surface area contributed by atoms with E-state index in [0.29, 0.717) is 18.6 Å². The Kier molecular flexibility index (Phi) is 6.33. The van der Waals surface area contributed by atoms with Crippen LogP contribution in [0.3, 0.4) is 0 Å². The lowest BCUT2D eigenvalue weighted by atomic mass is 9.72. The topological polar surface area (TPSA) is 55.4 Å². The lowest BCUT2D eigenvalue weighted by molar-refractivity contribution is -0.147. The number of nitrogens with one attached hydrogen (secondary N) is 1. The number of methoxy groups -OCH3 is 1. The summed E-state index contributed by atoms with van der Waals surface area (Å²) in [5.41, 5.74) is 1.93. The summed E-state index contributed by atoms with van der Waals surface area (Å²) in [5.74, 6) is 0.266. The van der Waals surface area contributed by atoms with E-state index >= 15 is 0 Å². The first-order chi connectivity index (χ1) is 11.4. The standard InChI is InChI=1S/C19H27NO3S/c1-13(2)10-16(17(21)23-3)20-18(22)19(12-24)9-8-14-6-4-5-7-15(14)11-19/h4-7,13,16,24H,8-12H2,1-3H3,(H,20,22)/t16-,19?/m0/s1. The van der Waals surface area contributed by atoms with Gasteiger partial charge >= 0.3 is 5.97 Å². The van der Waals surface area contributed by atoms with E-state index in [1.807, 2.05) is 26.0 Å². The predicted molar refractivity (Wildman–Crippen MR) is 98.2 cm³/mol. The third kappa shape index (κ3) is 4.12. The van der Waals surface area contributed by atoms with Gasteiger partial charge in [0.25, 0.3) is 0 Å². The summed E-state index contributed by atoms with van der Waals surface area (Å²) in [6.45, 7) is 4.04. The number of ether oxygens (including phenoxy) is 1. The van der Waals surface area contributed by atoms with E-state index in [2.05, 4.69) is 30.1 Å². The first-order valence-corrected chi connectivity index (χ1v) is 9.11. The SMILES string of the molecule is COC(=O)[C@H](CC(C)C)NC(=O)C1(CS)CCc2ccccc2C1.